The molecule has 0 aromatic heterocycles. The van der Waals surface area contributed by atoms with E-state index in [4.69, 9.17) is 5.26 Å². The molecule has 6 nitrogen and oxygen atoms in total. The first kappa shape index (κ1) is 22.8. The van der Waals surface area contributed by atoms with Gasteiger partial charge in [-0.1, -0.05) is 36.4 Å². The Morgan fingerprint density at radius 2 is 1.46 bits per heavy atom. The number of rotatable bonds is 6. The van der Waals surface area contributed by atoms with E-state index in [9.17, 15) is 14.0 Å². The molecule has 3 aromatic rings. The first-order valence-electron chi connectivity index (χ1n) is 11.7. The zero-order valence-corrected chi connectivity index (χ0v) is 19.3. The molecule has 0 unspecified atom stereocenters. The maximum atomic E-state index is 14.3. The summed E-state index contributed by atoms with van der Waals surface area (Å²) in [6.45, 7) is 4.33. The molecular formula is C28H25FN4O2. The SMILES string of the molecule is N#Cc1ccc(N2CCN(CCc3ccc(CN4C(=O)c5ccccc5C4=O)cc3)CC2)c(F)c1. The largest absolute Gasteiger partial charge is 0.367 e. The van der Waals surface area contributed by atoms with Gasteiger partial charge in [0.1, 0.15) is 5.82 Å². The van der Waals surface area contributed by atoms with Crippen molar-refractivity contribution in [3.63, 3.8) is 0 Å². The van der Waals surface area contributed by atoms with Gasteiger partial charge in [0.05, 0.1) is 35.0 Å². The summed E-state index contributed by atoms with van der Waals surface area (Å²) in [4.78, 5) is 30.9. The maximum absolute atomic E-state index is 14.3. The lowest BCUT2D eigenvalue weighted by molar-refractivity contribution is 0.0642. The number of imide groups is 1. The summed E-state index contributed by atoms with van der Waals surface area (Å²) in [6, 6.07) is 21.6. The van der Waals surface area contributed by atoms with E-state index in [0.29, 0.717) is 22.4 Å². The van der Waals surface area contributed by atoms with Crippen molar-refractivity contribution in [3.8, 4) is 6.07 Å². The van der Waals surface area contributed by atoms with Crippen molar-refractivity contribution in [2.24, 2.45) is 0 Å². The molecule has 0 bridgehead atoms. The predicted octanol–water partition coefficient (Wildman–Crippen LogP) is 3.86. The third-order valence-corrected chi connectivity index (χ3v) is 6.75. The molecule has 2 aliphatic heterocycles. The lowest BCUT2D eigenvalue weighted by atomic mass is 10.1. The molecule has 0 saturated carbocycles. The Bertz CT molecular complexity index is 1270. The summed E-state index contributed by atoms with van der Waals surface area (Å²) in [7, 11) is 0. The molecule has 2 heterocycles. The van der Waals surface area contributed by atoms with Crippen molar-refractivity contribution in [1.29, 1.82) is 5.26 Å². The van der Waals surface area contributed by atoms with Crippen LogP contribution in [0.25, 0.3) is 0 Å². The van der Waals surface area contributed by atoms with Crippen LogP contribution in [0.1, 0.15) is 37.4 Å². The van der Waals surface area contributed by atoms with E-state index in [1.807, 2.05) is 23.1 Å². The van der Waals surface area contributed by atoms with Crippen molar-refractivity contribution in [1.82, 2.24) is 9.80 Å². The molecule has 3 aromatic carbocycles. The Morgan fingerprint density at radius 3 is 2.06 bits per heavy atom. The number of halogens is 1. The summed E-state index contributed by atoms with van der Waals surface area (Å²) in [6.07, 6.45) is 0.887. The lowest BCUT2D eigenvalue weighted by Crippen LogP contribution is -2.47. The van der Waals surface area contributed by atoms with Gasteiger partial charge in [0.2, 0.25) is 0 Å². The summed E-state index contributed by atoms with van der Waals surface area (Å²) >= 11 is 0. The normalized spacial score (nSPS) is 15.9. The quantitative estimate of drug-likeness (QED) is 0.514. The van der Waals surface area contributed by atoms with Gasteiger partial charge in [0, 0.05) is 32.7 Å². The Kier molecular flexibility index (Phi) is 6.30. The zero-order valence-electron chi connectivity index (χ0n) is 19.3. The number of hydrogen-bond acceptors (Lipinski definition) is 5. The molecule has 1 fully saturated rings. The van der Waals surface area contributed by atoms with Crippen LogP contribution in [0.5, 0.6) is 0 Å². The van der Waals surface area contributed by atoms with Crippen molar-refractivity contribution in [3.05, 3.63) is 100 Å². The Labute approximate surface area is 203 Å². The molecular weight excluding hydrogens is 443 g/mol. The minimum Gasteiger partial charge on any atom is -0.367 e. The summed E-state index contributed by atoms with van der Waals surface area (Å²) in [5, 5.41) is 8.92. The molecule has 7 heteroatoms. The van der Waals surface area contributed by atoms with Crippen molar-refractivity contribution < 1.29 is 14.0 Å². The Hall–Kier alpha value is -4.02. The van der Waals surface area contributed by atoms with Crippen LogP contribution in [0, 0.1) is 17.1 Å². The number of carbonyl (C=O) groups excluding carboxylic acids is 2. The standard InChI is InChI=1S/C28H25FN4O2/c29-25-17-22(18-30)9-10-26(25)32-15-13-31(14-16-32)12-11-20-5-7-21(8-6-20)19-33-27(34)23-3-1-2-4-24(23)28(33)35/h1-10,17H,11-16,19H2. The van der Waals surface area contributed by atoms with Crippen LogP contribution in [0.15, 0.2) is 66.7 Å². The first-order chi connectivity index (χ1) is 17.0. The van der Waals surface area contributed by atoms with Crippen LogP contribution in [0.4, 0.5) is 10.1 Å². The number of benzene rings is 3. The second-order valence-electron chi connectivity index (χ2n) is 8.92. The molecule has 0 aliphatic carbocycles. The van der Waals surface area contributed by atoms with Gasteiger partial charge in [0.15, 0.2) is 0 Å². The minimum absolute atomic E-state index is 0.241. The number of anilines is 1. The highest BCUT2D eigenvalue weighted by atomic mass is 19.1. The maximum Gasteiger partial charge on any atom is 0.261 e. The average molecular weight is 469 g/mol. The van der Waals surface area contributed by atoms with Crippen LogP contribution in [-0.4, -0.2) is 54.3 Å². The van der Waals surface area contributed by atoms with E-state index >= 15 is 0 Å². The molecule has 176 valence electrons. The number of carbonyl (C=O) groups is 2. The smallest absolute Gasteiger partial charge is 0.261 e. The molecule has 0 radical (unpaired) electrons. The zero-order chi connectivity index (χ0) is 24.4. The van der Waals surface area contributed by atoms with Crippen molar-refractivity contribution in [2.45, 2.75) is 13.0 Å². The number of nitrogens with zero attached hydrogens (tertiary/aromatic N) is 4. The van der Waals surface area contributed by atoms with Crippen LogP contribution < -0.4 is 4.90 Å². The van der Waals surface area contributed by atoms with Crippen LogP contribution in [0.2, 0.25) is 0 Å². The van der Waals surface area contributed by atoms with Gasteiger partial charge in [-0.25, -0.2) is 4.39 Å². The van der Waals surface area contributed by atoms with E-state index < -0.39 is 0 Å². The number of nitriles is 1. The van der Waals surface area contributed by atoms with Gasteiger partial charge in [-0.2, -0.15) is 5.26 Å². The molecule has 2 aliphatic rings. The Balaban J connectivity index is 1.12. The fourth-order valence-corrected chi connectivity index (χ4v) is 4.71. The van der Waals surface area contributed by atoms with E-state index in [0.717, 1.165) is 44.7 Å². The monoisotopic (exact) mass is 468 g/mol. The summed E-state index contributed by atoms with van der Waals surface area (Å²) < 4.78 is 14.3. The van der Waals surface area contributed by atoms with Gasteiger partial charge in [-0.3, -0.25) is 19.4 Å². The van der Waals surface area contributed by atoms with E-state index in [1.54, 1.807) is 36.4 Å². The highest BCUT2D eigenvalue weighted by molar-refractivity contribution is 6.21. The van der Waals surface area contributed by atoms with E-state index in [1.165, 1.54) is 16.5 Å². The van der Waals surface area contributed by atoms with Crippen LogP contribution in [0.3, 0.4) is 0 Å². The fraction of sp³-hybridized carbons (Fsp3) is 0.250. The highest BCUT2D eigenvalue weighted by Crippen LogP contribution is 2.25. The Morgan fingerprint density at radius 1 is 0.829 bits per heavy atom. The summed E-state index contributed by atoms with van der Waals surface area (Å²) in [5.41, 5.74) is 3.93. The second kappa shape index (κ2) is 9.69. The predicted molar refractivity (Wildman–Crippen MR) is 131 cm³/mol. The number of amides is 2. The minimum atomic E-state index is -0.348. The summed E-state index contributed by atoms with van der Waals surface area (Å²) in [5.74, 6) is -0.830. The average Bonchev–Trinajstić information content (AvgIpc) is 3.13. The van der Waals surface area contributed by atoms with Crippen LogP contribution >= 0.6 is 0 Å². The highest BCUT2D eigenvalue weighted by Gasteiger charge is 2.34. The number of fused-ring (bicyclic) bond motifs is 1. The van der Waals surface area contributed by atoms with Gasteiger partial charge in [0.25, 0.3) is 11.8 Å². The van der Waals surface area contributed by atoms with E-state index in [-0.39, 0.29) is 24.2 Å². The molecule has 35 heavy (non-hydrogen) atoms. The van der Waals surface area contributed by atoms with Gasteiger partial charge in [-0.15, -0.1) is 0 Å². The fourth-order valence-electron chi connectivity index (χ4n) is 4.71. The molecule has 1 saturated heterocycles. The molecule has 0 spiro atoms. The number of hydrogen-bond donors (Lipinski definition) is 0. The topological polar surface area (TPSA) is 67.7 Å². The molecule has 0 N–H and O–H groups in total. The lowest BCUT2D eigenvalue weighted by Gasteiger charge is -2.36. The first-order valence-corrected chi connectivity index (χ1v) is 11.7. The van der Waals surface area contributed by atoms with Gasteiger partial charge in [-0.05, 0) is 47.9 Å². The van der Waals surface area contributed by atoms with Gasteiger partial charge < -0.3 is 4.90 Å². The molecule has 2 amide bonds. The van der Waals surface area contributed by atoms with Crippen molar-refractivity contribution in [2.75, 3.05) is 37.6 Å². The van der Waals surface area contributed by atoms with Crippen molar-refractivity contribution >= 4 is 17.5 Å². The van der Waals surface area contributed by atoms with E-state index in [2.05, 4.69) is 17.0 Å². The van der Waals surface area contributed by atoms with Gasteiger partial charge >= 0.3 is 0 Å². The number of piperazine rings is 1. The molecule has 5 rings (SSSR count). The second-order valence-corrected chi connectivity index (χ2v) is 8.92. The third-order valence-electron chi connectivity index (χ3n) is 6.75. The third kappa shape index (κ3) is 4.66. The molecule has 0 atom stereocenters. The van der Waals surface area contributed by atoms with Crippen LogP contribution in [-0.2, 0) is 13.0 Å².